The van der Waals surface area contributed by atoms with Crippen molar-refractivity contribution in [2.45, 2.75) is 51.6 Å². The summed E-state index contributed by atoms with van der Waals surface area (Å²) >= 11 is 0. The summed E-state index contributed by atoms with van der Waals surface area (Å²) in [6.07, 6.45) is 3.81. The number of rotatable bonds is 5. The number of esters is 1. The van der Waals surface area contributed by atoms with Gasteiger partial charge in [0.2, 0.25) is 5.91 Å². The van der Waals surface area contributed by atoms with Crippen LogP contribution in [0.25, 0.3) is 0 Å². The summed E-state index contributed by atoms with van der Waals surface area (Å²) in [6.45, 7) is 4.80. The molecular weight excluding hydrogens is 232 g/mol. The molecule has 1 fully saturated rings. The molecule has 1 saturated heterocycles. The summed E-state index contributed by atoms with van der Waals surface area (Å²) in [7, 11) is 1.35. The van der Waals surface area contributed by atoms with Crippen LogP contribution in [0.5, 0.6) is 0 Å². The lowest BCUT2D eigenvalue weighted by Gasteiger charge is -2.27. The van der Waals surface area contributed by atoms with E-state index in [1.54, 1.807) is 0 Å². The maximum atomic E-state index is 12.1. The molecule has 0 aromatic rings. The molecule has 0 saturated carbocycles. The molecule has 0 bridgehead atoms. The Morgan fingerprint density at radius 3 is 2.67 bits per heavy atom. The molecule has 1 aliphatic heterocycles. The fourth-order valence-corrected chi connectivity index (χ4v) is 2.13. The van der Waals surface area contributed by atoms with E-state index < -0.39 is 6.04 Å². The average Bonchev–Trinajstić information content (AvgIpc) is 2.43. The van der Waals surface area contributed by atoms with E-state index in [1.807, 2.05) is 13.8 Å². The third-order valence-corrected chi connectivity index (χ3v) is 3.59. The lowest BCUT2D eigenvalue weighted by atomic mass is 9.97. The average molecular weight is 256 g/mol. The summed E-state index contributed by atoms with van der Waals surface area (Å²) in [5, 5.41) is 5.99. The summed E-state index contributed by atoms with van der Waals surface area (Å²) < 4.78 is 4.75. The summed E-state index contributed by atoms with van der Waals surface area (Å²) in [5.41, 5.74) is 0. The van der Waals surface area contributed by atoms with E-state index in [-0.39, 0.29) is 23.8 Å². The highest BCUT2D eigenvalue weighted by atomic mass is 16.5. The highest BCUT2D eigenvalue weighted by Gasteiger charge is 2.29. The molecule has 0 aromatic heterocycles. The van der Waals surface area contributed by atoms with Crippen LogP contribution in [0, 0.1) is 5.92 Å². The van der Waals surface area contributed by atoms with Gasteiger partial charge in [-0.1, -0.05) is 26.7 Å². The predicted molar refractivity (Wildman–Crippen MR) is 69.0 cm³/mol. The summed E-state index contributed by atoms with van der Waals surface area (Å²) in [6, 6.07) is -0.716. The van der Waals surface area contributed by atoms with Gasteiger partial charge in [0.25, 0.3) is 0 Å². The lowest BCUT2D eigenvalue weighted by molar-refractivity contribution is -0.147. The number of amides is 1. The second-order valence-corrected chi connectivity index (χ2v) is 4.90. The van der Waals surface area contributed by atoms with Crippen LogP contribution in [0.15, 0.2) is 0 Å². The lowest BCUT2D eigenvalue weighted by Crippen LogP contribution is -2.53. The van der Waals surface area contributed by atoms with Crippen LogP contribution in [0.3, 0.4) is 0 Å². The minimum Gasteiger partial charge on any atom is -0.467 e. The highest BCUT2D eigenvalue weighted by Crippen LogP contribution is 2.12. The minimum absolute atomic E-state index is 0.0741. The molecule has 1 aliphatic rings. The second kappa shape index (κ2) is 7.36. The number of nitrogens with one attached hydrogen (secondary N) is 2. The fraction of sp³-hybridized carbons (Fsp3) is 0.846. The fourth-order valence-electron chi connectivity index (χ4n) is 2.13. The Hall–Kier alpha value is -1.10. The van der Waals surface area contributed by atoms with Crippen LogP contribution in [-0.2, 0) is 14.3 Å². The van der Waals surface area contributed by atoms with Gasteiger partial charge in [-0.15, -0.1) is 0 Å². The van der Waals surface area contributed by atoms with Crippen molar-refractivity contribution in [2.24, 2.45) is 5.92 Å². The van der Waals surface area contributed by atoms with Gasteiger partial charge in [0.1, 0.15) is 6.04 Å². The van der Waals surface area contributed by atoms with Crippen molar-refractivity contribution in [3.63, 3.8) is 0 Å². The smallest absolute Gasteiger partial charge is 0.328 e. The van der Waals surface area contributed by atoms with Crippen LogP contribution in [0.1, 0.15) is 39.5 Å². The molecule has 2 N–H and O–H groups in total. The zero-order valence-corrected chi connectivity index (χ0v) is 11.5. The van der Waals surface area contributed by atoms with E-state index in [9.17, 15) is 9.59 Å². The Morgan fingerprint density at radius 2 is 2.17 bits per heavy atom. The summed E-state index contributed by atoms with van der Waals surface area (Å²) in [5.74, 6) is -0.385. The first-order chi connectivity index (χ1) is 8.60. The molecule has 5 nitrogen and oxygen atoms in total. The zero-order chi connectivity index (χ0) is 13.5. The van der Waals surface area contributed by atoms with Gasteiger partial charge in [0.15, 0.2) is 0 Å². The number of piperidine rings is 1. The van der Waals surface area contributed by atoms with Gasteiger partial charge < -0.3 is 15.4 Å². The van der Waals surface area contributed by atoms with Gasteiger partial charge in [-0.3, -0.25) is 4.79 Å². The largest absolute Gasteiger partial charge is 0.467 e. The van der Waals surface area contributed by atoms with Crippen molar-refractivity contribution in [2.75, 3.05) is 13.7 Å². The van der Waals surface area contributed by atoms with Crippen molar-refractivity contribution in [3.05, 3.63) is 0 Å². The molecule has 3 atom stereocenters. The number of methoxy groups -OCH3 is 1. The maximum Gasteiger partial charge on any atom is 0.328 e. The molecular formula is C13H24N2O3. The van der Waals surface area contributed by atoms with E-state index in [2.05, 4.69) is 10.6 Å². The standard InChI is InChI=1S/C13H24N2O3/c1-4-9(2)11(13(17)18-3)15-12(16)10-7-5-6-8-14-10/h9-11,14H,4-8H2,1-3H3,(H,15,16)/t9?,10-,11?/m0/s1. The van der Waals surface area contributed by atoms with E-state index >= 15 is 0 Å². The Balaban J connectivity index is 2.58. The zero-order valence-electron chi connectivity index (χ0n) is 11.5. The number of hydrogen-bond acceptors (Lipinski definition) is 4. The quantitative estimate of drug-likeness (QED) is 0.715. The van der Waals surface area contributed by atoms with Crippen molar-refractivity contribution >= 4 is 11.9 Å². The van der Waals surface area contributed by atoms with Crippen LogP contribution in [0.4, 0.5) is 0 Å². The Bertz CT molecular complexity index is 288. The maximum absolute atomic E-state index is 12.1. The van der Waals surface area contributed by atoms with Crippen LogP contribution < -0.4 is 10.6 Å². The van der Waals surface area contributed by atoms with Crippen molar-refractivity contribution in [3.8, 4) is 0 Å². The summed E-state index contributed by atoms with van der Waals surface area (Å²) in [4.78, 5) is 23.7. The monoisotopic (exact) mass is 256 g/mol. The molecule has 5 heteroatoms. The second-order valence-electron chi connectivity index (χ2n) is 4.90. The van der Waals surface area contributed by atoms with Crippen molar-refractivity contribution in [1.29, 1.82) is 0 Å². The molecule has 104 valence electrons. The molecule has 0 spiro atoms. The predicted octanol–water partition coefficient (Wildman–Crippen LogP) is 0.832. The number of carbonyl (C=O) groups is 2. The SMILES string of the molecule is CCC(C)C(NC(=O)[C@@H]1CCCCN1)C(=O)OC. The molecule has 0 aromatic carbocycles. The Morgan fingerprint density at radius 1 is 1.44 bits per heavy atom. The Labute approximate surface area is 109 Å². The first-order valence-electron chi connectivity index (χ1n) is 6.71. The molecule has 18 heavy (non-hydrogen) atoms. The van der Waals surface area contributed by atoms with Crippen LogP contribution >= 0.6 is 0 Å². The van der Waals surface area contributed by atoms with Crippen LogP contribution in [-0.4, -0.2) is 37.6 Å². The minimum atomic E-state index is -0.545. The molecule has 2 unspecified atom stereocenters. The van der Waals surface area contributed by atoms with Gasteiger partial charge >= 0.3 is 5.97 Å². The number of hydrogen-bond donors (Lipinski definition) is 2. The Kier molecular flexibility index (Phi) is 6.12. The van der Waals surface area contributed by atoms with Gasteiger partial charge in [-0.25, -0.2) is 4.79 Å². The highest BCUT2D eigenvalue weighted by molar-refractivity contribution is 5.87. The van der Waals surface area contributed by atoms with Crippen LogP contribution in [0.2, 0.25) is 0 Å². The van der Waals surface area contributed by atoms with Gasteiger partial charge in [0, 0.05) is 0 Å². The first-order valence-corrected chi connectivity index (χ1v) is 6.71. The topological polar surface area (TPSA) is 67.4 Å². The van der Waals surface area contributed by atoms with Gasteiger partial charge in [0.05, 0.1) is 13.2 Å². The number of carbonyl (C=O) groups excluding carboxylic acids is 2. The van der Waals surface area contributed by atoms with Crippen molar-refractivity contribution < 1.29 is 14.3 Å². The molecule has 1 rings (SSSR count). The first kappa shape index (κ1) is 15.0. The third-order valence-electron chi connectivity index (χ3n) is 3.59. The van der Waals surface area contributed by atoms with E-state index in [0.29, 0.717) is 0 Å². The van der Waals surface area contributed by atoms with E-state index in [4.69, 9.17) is 4.74 Å². The van der Waals surface area contributed by atoms with Gasteiger partial charge in [-0.05, 0) is 25.3 Å². The van der Waals surface area contributed by atoms with E-state index in [1.165, 1.54) is 7.11 Å². The molecule has 1 heterocycles. The molecule has 1 amide bonds. The van der Waals surface area contributed by atoms with Gasteiger partial charge in [-0.2, -0.15) is 0 Å². The van der Waals surface area contributed by atoms with E-state index in [0.717, 1.165) is 32.2 Å². The third kappa shape index (κ3) is 3.98. The molecule has 0 aliphatic carbocycles. The molecule has 0 radical (unpaired) electrons. The number of ether oxygens (including phenoxy) is 1. The van der Waals surface area contributed by atoms with Crippen molar-refractivity contribution in [1.82, 2.24) is 10.6 Å². The normalized spacial score (nSPS) is 22.9.